The number of rotatable bonds is 6. The summed E-state index contributed by atoms with van der Waals surface area (Å²) in [6, 6.07) is 13.2. The number of carbonyl (C=O) groups excluding carboxylic acids is 3. The maximum atomic E-state index is 14.4. The number of hydrogen-bond donors (Lipinski definition) is 1. The predicted molar refractivity (Wildman–Crippen MR) is 199 cm³/mol. The Morgan fingerprint density at radius 1 is 0.827 bits per heavy atom. The van der Waals surface area contributed by atoms with Crippen LogP contribution in [0.4, 0.5) is 5.69 Å². The topological polar surface area (TPSA) is 104 Å². The van der Waals surface area contributed by atoms with Crippen molar-refractivity contribution in [2.24, 2.45) is 0 Å². The molecule has 0 fully saturated rings. The highest BCUT2D eigenvalue weighted by Crippen LogP contribution is 2.47. The van der Waals surface area contributed by atoms with Crippen LogP contribution in [0.2, 0.25) is 0 Å². The van der Waals surface area contributed by atoms with Gasteiger partial charge in [0.2, 0.25) is 5.36 Å². The van der Waals surface area contributed by atoms with E-state index < -0.39 is 22.7 Å². The molecule has 4 aliphatic heterocycles. The average Bonchev–Trinajstić information content (AvgIpc) is 3.16. The summed E-state index contributed by atoms with van der Waals surface area (Å²) in [6.07, 6.45) is 8.74. The van der Waals surface area contributed by atoms with Crippen molar-refractivity contribution in [3.8, 4) is 11.1 Å². The van der Waals surface area contributed by atoms with Crippen molar-refractivity contribution in [1.82, 2.24) is 4.58 Å². The molecule has 0 amide bonds. The van der Waals surface area contributed by atoms with Gasteiger partial charge in [-0.1, -0.05) is 30.3 Å². The van der Waals surface area contributed by atoms with Crippen LogP contribution in [0, 0.1) is 0 Å². The molecule has 0 unspecified atom stereocenters. The molecule has 4 aromatic carbocycles. The predicted octanol–water partition coefficient (Wildman–Crippen LogP) is 5.26. The van der Waals surface area contributed by atoms with Gasteiger partial charge in [0, 0.05) is 59.4 Å². The number of aryl methyl sites for hydroxylation is 2. The van der Waals surface area contributed by atoms with Gasteiger partial charge in [-0.05, 0) is 113 Å². The molecule has 4 aromatic rings. The molecule has 8 nitrogen and oxygen atoms in total. The van der Waals surface area contributed by atoms with Crippen molar-refractivity contribution in [3.05, 3.63) is 120 Å². The standard InChI is InChI=1S/C43H37ClN2O6/c1-52-43(51)38-33(23-9-3-2-4-10-23)35(41(44)48)32(22-47)36(42(49)50)37(38)34-30-19-24-11-5-15-45-17-7-13-26(39(24)45)28(30)21-29-27-14-8-18-46-16-6-12-25(40(27)46)20-31(29)34/h2-4,9-10,19-20,22H,5-8,11-18,21H2,1H3/p+1. The molecule has 0 saturated heterocycles. The fraction of sp³-hybridized carbons (Fsp3) is 0.326. The first-order valence-corrected chi connectivity index (χ1v) is 18.7. The Balaban J connectivity index is 1.56. The molecule has 262 valence electrons. The lowest BCUT2D eigenvalue weighted by molar-refractivity contribution is 0.0601. The first-order chi connectivity index (χ1) is 25.3. The van der Waals surface area contributed by atoms with Crippen LogP contribution in [0.25, 0.3) is 16.7 Å². The van der Waals surface area contributed by atoms with E-state index in [9.17, 15) is 24.3 Å². The maximum Gasteiger partial charge on any atom is 0.339 e. The zero-order valence-electron chi connectivity index (χ0n) is 29.1. The number of carbonyl (C=O) groups is 4. The van der Waals surface area contributed by atoms with Gasteiger partial charge in [-0.3, -0.25) is 9.59 Å². The van der Waals surface area contributed by atoms with Gasteiger partial charge in [0.15, 0.2) is 6.29 Å². The van der Waals surface area contributed by atoms with Gasteiger partial charge in [-0.15, -0.1) is 0 Å². The minimum atomic E-state index is -1.43. The number of esters is 1. The minimum Gasteiger partial charge on any atom is -0.478 e. The lowest BCUT2D eigenvalue weighted by Gasteiger charge is -2.40. The smallest absolute Gasteiger partial charge is 0.339 e. The molecular formula is C43H38ClN2O6+. The lowest BCUT2D eigenvalue weighted by atomic mass is 9.72. The van der Waals surface area contributed by atoms with E-state index in [0.717, 1.165) is 99.5 Å². The molecule has 1 N–H and O–H groups in total. The highest BCUT2D eigenvalue weighted by atomic mass is 35.5. The zero-order valence-corrected chi connectivity index (χ0v) is 29.8. The number of nitrogens with zero attached hydrogens (tertiary/aromatic N) is 2. The van der Waals surface area contributed by atoms with E-state index in [2.05, 4.69) is 21.6 Å². The first-order valence-electron chi connectivity index (χ1n) is 18.3. The molecular weight excluding hydrogens is 676 g/mol. The van der Waals surface area contributed by atoms with Crippen LogP contribution in [0.5, 0.6) is 0 Å². The van der Waals surface area contributed by atoms with E-state index in [1.54, 1.807) is 30.3 Å². The third-order valence-corrected chi connectivity index (χ3v) is 12.1. The monoisotopic (exact) mass is 713 g/mol. The summed E-state index contributed by atoms with van der Waals surface area (Å²) in [4.78, 5) is 57.1. The van der Waals surface area contributed by atoms with Crippen LogP contribution >= 0.6 is 11.6 Å². The number of hydrogen-bond acceptors (Lipinski definition) is 6. The molecule has 0 spiro atoms. The Morgan fingerprint density at radius 3 is 2.25 bits per heavy atom. The molecule has 0 aromatic heterocycles. The Bertz CT molecular complexity index is 2430. The number of aldehydes is 1. The van der Waals surface area contributed by atoms with Gasteiger partial charge in [0.05, 0.1) is 23.8 Å². The highest BCUT2D eigenvalue weighted by molar-refractivity contribution is 6.69. The van der Waals surface area contributed by atoms with Gasteiger partial charge in [-0.25, -0.2) is 14.2 Å². The quantitative estimate of drug-likeness (QED) is 0.111. The molecule has 0 bridgehead atoms. The molecule has 0 atom stereocenters. The molecule has 9 rings (SSSR count). The summed E-state index contributed by atoms with van der Waals surface area (Å²) < 4.78 is 7.97. The number of halogens is 1. The largest absolute Gasteiger partial charge is 0.478 e. The van der Waals surface area contributed by atoms with E-state index in [0.29, 0.717) is 23.8 Å². The van der Waals surface area contributed by atoms with Crippen LogP contribution < -0.4 is 20.1 Å². The van der Waals surface area contributed by atoms with Gasteiger partial charge in [-0.2, -0.15) is 0 Å². The van der Waals surface area contributed by atoms with Crippen LogP contribution in [0.3, 0.4) is 0 Å². The van der Waals surface area contributed by atoms with E-state index in [1.165, 1.54) is 40.4 Å². The number of benzene rings is 4. The van der Waals surface area contributed by atoms with E-state index >= 15 is 0 Å². The van der Waals surface area contributed by atoms with Crippen LogP contribution in [0.1, 0.15) is 112 Å². The average molecular weight is 714 g/mol. The Labute approximate surface area is 306 Å². The number of aromatic carboxylic acids is 1. The number of methoxy groups -OCH3 is 1. The number of fused-ring (bicyclic) bond motifs is 4. The maximum absolute atomic E-state index is 14.4. The summed E-state index contributed by atoms with van der Waals surface area (Å²) in [5, 5.41) is 12.3. The van der Waals surface area contributed by atoms with E-state index in [-0.39, 0.29) is 27.8 Å². The van der Waals surface area contributed by atoms with Crippen LogP contribution in [-0.4, -0.2) is 61.9 Å². The van der Waals surface area contributed by atoms with Crippen molar-refractivity contribution < 1.29 is 29.0 Å². The fourth-order valence-corrected chi connectivity index (χ4v) is 10.3. The Morgan fingerprint density at radius 2 is 1.54 bits per heavy atom. The Kier molecular flexibility index (Phi) is 7.92. The molecule has 0 saturated carbocycles. The number of ether oxygens (including phenoxy) is 1. The van der Waals surface area contributed by atoms with Gasteiger partial charge in [0.25, 0.3) is 5.24 Å². The summed E-state index contributed by atoms with van der Waals surface area (Å²) in [5.74, 6) is -2.25. The van der Waals surface area contributed by atoms with E-state index in [4.69, 9.17) is 16.3 Å². The first kappa shape index (κ1) is 32.8. The van der Waals surface area contributed by atoms with Crippen molar-refractivity contribution in [1.29, 1.82) is 0 Å². The molecule has 52 heavy (non-hydrogen) atoms. The zero-order chi connectivity index (χ0) is 35.8. The van der Waals surface area contributed by atoms with Crippen molar-refractivity contribution in [3.63, 3.8) is 0 Å². The van der Waals surface area contributed by atoms with Crippen molar-refractivity contribution >= 4 is 46.3 Å². The fourth-order valence-electron chi connectivity index (χ4n) is 10.1. The summed E-state index contributed by atoms with van der Waals surface area (Å²) in [6.45, 7) is 4.03. The van der Waals surface area contributed by atoms with Crippen LogP contribution in [-0.2, 0) is 36.8 Å². The number of carboxylic acids is 1. The van der Waals surface area contributed by atoms with Crippen molar-refractivity contribution in [2.75, 3.05) is 38.2 Å². The third kappa shape index (κ3) is 4.76. The second-order valence-corrected chi connectivity index (χ2v) is 14.9. The highest BCUT2D eigenvalue weighted by Gasteiger charge is 2.40. The Hall–Kier alpha value is -5.08. The normalized spacial score (nSPS) is 16.7. The molecule has 0 radical (unpaired) electrons. The molecule has 5 aliphatic rings. The van der Waals surface area contributed by atoms with Crippen molar-refractivity contribution in [2.45, 2.75) is 57.8 Å². The molecule has 9 heteroatoms. The summed E-state index contributed by atoms with van der Waals surface area (Å²) in [7, 11) is 1.24. The summed E-state index contributed by atoms with van der Waals surface area (Å²) in [5.41, 5.74) is 9.54. The van der Waals surface area contributed by atoms with Gasteiger partial charge >= 0.3 is 11.9 Å². The lowest BCUT2D eigenvalue weighted by Crippen LogP contribution is -2.46. The number of anilines is 1. The SMILES string of the molecule is COC(=O)c1c(C2=c3cc4c5c(c3Cc3c2cc2c6c3CCCN6CCC2)CCC[N+]=5CCC4)c(C(=O)O)c(C=O)c(C(=O)Cl)c1-c1ccccc1. The second kappa shape index (κ2) is 12.6. The molecule has 1 aliphatic carbocycles. The van der Waals surface area contributed by atoms with Crippen LogP contribution in [0.15, 0.2) is 42.5 Å². The van der Waals surface area contributed by atoms with Gasteiger partial charge < -0.3 is 14.7 Å². The third-order valence-electron chi connectivity index (χ3n) is 11.9. The van der Waals surface area contributed by atoms with Gasteiger partial charge in [0.1, 0.15) is 13.1 Å². The minimum absolute atomic E-state index is 0.0875. The van der Waals surface area contributed by atoms with E-state index in [1.807, 2.05) is 0 Å². The number of carboxylic acid groups (broad SMARTS) is 1. The second-order valence-electron chi connectivity index (χ2n) is 14.6. The molecule has 4 heterocycles. The summed E-state index contributed by atoms with van der Waals surface area (Å²) >= 11 is 6.26.